The summed E-state index contributed by atoms with van der Waals surface area (Å²) in [6, 6.07) is 14.2. The molecule has 0 saturated carbocycles. The summed E-state index contributed by atoms with van der Waals surface area (Å²) in [7, 11) is 1.57. The molecule has 0 radical (unpaired) electrons. The molecule has 2 unspecified atom stereocenters. The maximum absolute atomic E-state index is 12.6. The fraction of sp³-hybridized carbons (Fsp3) is 0.375. The molecule has 2 aromatic carbocycles. The summed E-state index contributed by atoms with van der Waals surface area (Å²) in [5.74, 6) is -0.379. The largest absolute Gasteiger partial charge is 0.445 e. The number of ether oxygens (including phenoxy) is 1. The SMILES string of the molecule is CC[C@H]1C(C)C(NC(=O)OCc2ccccc2)c2cc(C(=O)NC)ccc2N1C(C)=O. The predicted octanol–water partition coefficient (Wildman–Crippen LogP) is 3.79. The molecule has 7 heteroatoms. The van der Waals surface area contributed by atoms with Crippen molar-refractivity contribution < 1.29 is 19.1 Å². The Bertz CT molecular complexity index is 961. The smallest absolute Gasteiger partial charge is 0.407 e. The van der Waals surface area contributed by atoms with Crippen LogP contribution in [0.5, 0.6) is 0 Å². The highest BCUT2D eigenvalue weighted by Crippen LogP contribution is 2.42. The molecule has 1 aliphatic heterocycles. The first kappa shape index (κ1) is 22.3. The Labute approximate surface area is 182 Å². The number of anilines is 1. The van der Waals surface area contributed by atoms with Gasteiger partial charge in [0.05, 0.1) is 6.04 Å². The van der Waals surface area contributed by atoms with E-state index < -0.39 is 12.1 Å². The van der Waals surface area contributed by atoms with Gasteiger partial charge in [-0.1, -0.05) is 44.2 Å². The average molecular weight is 424 g/mol. The van der Waals surface area contributed by atoms with Gasteiger partial charge in [0.2, 0.25) is 5.91 Å². The number of nitrogens with zero attached hydrogens (tertiary/aromatic N) is 1. The summed E-state index contributed by atoms with van der Waals surface area (Å²) in [5.41, 5.74) is 2.80. The molecule has 0 aliphatic carbocycles. The van der Waals surface area contributed by atoms with Gasteiger partial charge < -0.3 is 20.3 Å². The number of hydrogen-bond acceptors (Lipinski definition) is 4. The van der Waals surface area contributed by atoms with E-state index in [0.29, 0.717) is 11.3 Å². The molecule has 1 heterocycles. The number of alkyl carbamates (subject to hydrolysis) is 1. The van der Waals surface area contributed by atoms with Crippen molar-refractivity contribution in [1.82, 2.24) is 10.6 Å². The summed E-state index contributed by atoms with van der Waals surface area (Å²) in [5, 5.41) is 5.59. The lowest BCUT2D eigenvalue weighted by atomic mass is 9.80. The average Bonchev–Trinajstić information content (AvgIpc) is 2.78. The Morgan fingerprint density at radius 3 is 2.42 bits per heavy atom. The van der Waals surface area contributed by atoms with Crippen LogP contribution in [-0.2, 0) is 16.1 Å². The molecule has 1 aliphatic rings. The fourth-order valence-corrected chi connectivity index (χ4v) is 4.29. The first-order valence-corrected chi connectivity index (χ1v) is 10.5. The number of rotatable bonds is 5. The van der Waals surface area contributed by atoms with E-state index in [9.17, 15) is 14.4 Å². The second kappa shape index (κ2) is 9.64. The first-order chi connectivity index (χ1) is 14.9. The quantitative estimate of drug-likeness (QED) is 0.766. The fourth-order valence-electron chi connectivity index (χ4n) is 4.29. The van der Waals surface area contributed by atoms with E-state index in [1.165, 1.54) is 6.92 Å². The van der Waals surface area contributed by atoms with Crippen molar-refractivity contribution in [1.29, 1.82) is 0 Å². The molecule has 2 N–H and O–H groups in total. The maximum atomic E-state index is 12.6. The molecule has 0 saturated heterocycles. The van der Waals surface area contributed by atoms with Gasteiger partial charge in [-0.25, -0.2) is 4.79 Å². The van der Waals surface area contributed by atoms with Crippen LogP contribution in [0.15, 0.2) is 48.5 Å². The zero-order chi connectivity index (χ0) is 22.5. The summed E-state index contributed by atoms with van der Waals surface area (Å²) in [4.78, 5) is 39.1. The Morgan fingerprint density at radius 2 is 1.81 bits per heavy atom. The van der Waals surface area contributed by atoms with Gasteiger partial charge >= 0.3 is 6.09 Å². The first-order valence-electron chi connectivity index (χ1n) is 10.5. The third-order valence-corrected chi connectivity index (χ3v) is 5.82. The van der Waals surface area contributed by atoms with Crippen LogP contribution in [0.4, 0.5) is 10.5 Å². The van der Waals surface area contributed by atoms with Crippen LogP contribution in [0, 0.1) is 5.92 Å². The van der Waals surface area contributed by atoms with E-state index >= 15 is 0 Å². The normalized spacial score (nSPS) is 19.9. The van der Waals surface area contributed by atoms with Gasteiger partial charge in [-0.15, -0.1) is 0 Å². The van der Waals surface area contributed by atoms with Crippen LogP contribution >= 0.6 is 0 Å². The molecule has 3 amide bonds. The van der Waals surface area contributed by atoms with Gasteiger partial charge in [-0.3, -0.25) is 9.59 Å². The van der Waals surface area contributed by atoms with Gasteiger partial charge in [-0.05, 0) is 35.7 Å². The summed E-state index contributed by atoms with van der Waals surface area (Å²) >= 11 is 0. The van der Waals surface area contributed by atoms with Gasteiger partial charge in [0, 0.05) is 37.2 Å². The van der Waals surface area contributed by atoms with Crippen LogP contribution in [0.2, 0.25) is 0 Å². The number of carbonyl (C=O) groups is 3. The van der Waals surface area contributed by atoms with E-state index in [-0.39, 0.29) is 30.4 Å². The summed E-state index contributed by atoms with van der Waals surface area (Å²) < 4.78 is 5.43. The molecule has 31 heavy (non-hydrogen) atoms. The molecular formula is C24H29N3O4. The lowest BCUT2D eigenvalue weighted by Crippen LogP contribution is -2.51. The van der Waals surface area contributed by atoms with E-state index in [1.54, 1.807) is 30.1 Å². The second-order valence-corrected chi connectivity index (χ2v) is 7.76. The number of benzene rings is 2. The maximum Gasteiger partial charge on any atom is 0.407 e. The molecule has 0 aromatic heterocycles. The third kappa shape index (κ3) is 4.71. The minimum atomic E-state index is -0.539. The lowest BCUT2D eigenvalue weighted by Gasteiger charge is -2.45. The molecule has 2 aromatic rings. The van der Waals surface area contributed by atoms with Crippen molar-refractivity contribution in [2.24, 2.45) is 5.92 Å². The lowest BCUT2D eigenvalue weighted by molar-refractivity contribution is -0.117. The number of nitrogens with one attached hydrogen (secondary N) is 2. The third-order valence-electron chi connectivity index (χ3n) is 5.82. The highest BCUT2D eigenvalue weighted by Gasteiger charge is 2.40. The molecule has 0 spiro atoms. The van der Waals surface area contributed by atoms with Crippen LogP contribution in [0.1, 0.15) is 54.7 Å². The number of fused-ring (bicyclic) bond motifs is 1. The van der Waals surface area contributed by atoms with Crippen LogP contribution in [-0.4, -0.2) is 31.0 Å². The summed E-state index contributed by atoms with van der Waals surface area (Å²) in [6.45, 7) is 5.72. The molecule has 164 valence electrons. The van der Waals surface area contributed by atoms with Crippen molar-refractivity contribution in [3.05, 3.63) is 65.2 Å². The van der Waals surface area contributed by atoms with Gasteiger partial charge in [0.25, 0.3) is 5.91 Å². The standard InChI is InChI=1S/C24H29N3O4/c1-5-20-15(2)22(26-24(30)31-14-17-9-7-6-8-10-17)19-13-18(23(29)25-4)11-12-21(19)27(20)16(3)28/h6-13,15,20,22H,5,14H2,1-4H3,(H,25,29)(H,26,30)/t15?,20-,22?/m0/s1. The zero-order valence-corrected chi connectivity index (χ0v) is 18.3. The number of hydrogen-bond donors (Lipinski definition) is 2. The van der Waals surface area contributed by atoms with Crippen molar-refractivity contribution in [3.63, 3.8) is 0 Å². The Morgan fingerprint density at radius 1 is 1.10 bits per heavy atom. The molecule has 7 nitrogen and oxygen atoms in total. The molecule has 0 bridgehead atoms. The van der Waals surface area contributed by atoms with Crippen LogP contribution < -0.4 is 15.5 Å². The Kier molecular flexibility index (Phi) is 6.95. The predicted molar refractivity (Wildman–Crippen MR) is 119 cm³/mol. The van der Waals surface area contributed by atoms with E-state index in [2.05, 4.69) is 10.6 Å². The van der Waals surface area contributed by atoms with Crippen molar-refractivity contribution in [2.75, 3.05) is 11.9 Å². The van der Waals surface area contributed by atoms with Gasteiger partial charge in [0.15, 0.2) is 0 Å². The molecule has 3 atom stereocenters. The number of amides is 3. The highest BCUT2D eigenvalue weighted by atomic mass is 16.5. The van der Waals surface area contributed by atoms with Crippen LogP contribution in [0.3, 0.4) is 0 Å². The monoisotopic (exact) mass is 423 g/mol. The minimum Gasteiger partial charge on any atom is -0.445 e. The van der Waals surface area contributed by atoms with Crippen molar-refractivity contribution in [2.45, 2.75) is 45.9 Å². The summed E-state index contributed by atoms with van der Waals surface area (Å²) in [6.07, 6.45) is 0.192. The molecule has 3 rings (SSSR count). The van der Waals surface area contributed by atoms with E-state index in [4.69, 9.17) is 4.74 Å². The van der Waals surface area contributed by atoms with E-state index in [0.717, 1.165) is 17.5 Å². The second-order valence-electron chi connectivity index (χ2n) is 7.76. The van der Waals surface area contributed by atoms with Crippen molar-refractivity contribution >= 4 is 23.6 Å². The molecule has 0 fully saturated rings. The topological polar surface area (TPSA) is 87.7 Å². The van der Waals surface area contributed by atoms with Crippen molar-refractivity contribution in [3.8, 4) is 0 Å². The van der Waals surface area contributed by atoms with Crippen LogP contribution in [0.25, 0.3) is 0 Å². The highest BCUT2D eigenvalue weighted by molar-refractivity contribution is 5.97. The Hall–Kier alpha value is -3.35. The zero-order valence-electron chi connectivity index (χ0n) is 18.3. The minimum absolute atomic E-state index is 0.0715. The number of carbonyl (C=O) groups excluding carboxylic acids is 3. The molecular weight excluding hydrogens is 394 g/mol. The van der Waals surface area contributed by atoms with Gasteiger partial charge in [0.1, 0.15) is 6.61 Å². The van der Waals surface area contributed by atoms with E-state index in [1.807, 2.05) is 44.2 Å². The van der Waals surface area contributed by atoms with Gasteiger partial charge in [-0.2, -0.15) is 0 Å². The Balaban J connectivity index is 1.92.